The third-order valence-electron chi connectivity index (χ3n) is 5.04. The Morgan fingerprint density at radius 2 is 1.93 bits per heavy atom. The second kappa shape index (κ2) is 8.28. The van der Waals surface area contributed by atoms with Crippen LogP contribution < -0.4 is 15.4 Å². The number of ether oxygens (including phenoxy) is 1. The molecule has 0 bridgehead atoms. The highest BCUT2D eigenvalue weighted by Crippen LogP contribution is 2.33. The molecule has 1 aromatic carbocycles. The lowest BCUT2D eigenvalue weighted by atomic mass is 10.1. The summed E-state index contributed by atoms with van der Waals surface area (Å²) in [5.74, 6) is -3.49. The minimum atomic E-state index is -2.97. The van der Waals surface area contributed by atoms with Crippen LogP contribution in [0, 0.1) is 5.92 Å². The molecular formula is C21H20ClF2N3O3. The van der Waals surface area contributed by atoms with E-state index in [4.69, 9.17) is 16.3 Å². The van der Waals surface area contributed by atoms with Gasteiger partial charge in [0.1, 0.15) is 17.1 Å². The summed E-state index contributed by atoms with van der Waals surface area (Å²) in [5.41, 5.74) is 1.12. The van der Waals surface area contributed by atoms with E-state index in [9.17, 15) is 18.4 Å². The van der Waals surface area contributed by atoms with Gasteiger partial charge in [-0.2, -0.15) is 0 Å². The second-order valence-corrected chi connectivity index (χ2v) is 8.05. The van der Waals surface area contributed by atoms with E-state index in [0.29, 0.717) is 34.6 Å². The molecule has 0 spiro atoms. The van der Waals surface area contributed by atoms with E-state index in [0.717, 1.165) is 12.8 Å². The van der Waals surface area contributed by atoms with Gasteiger partial charge in [-0.05, 0) is 43.0 Å². The normalized spacial score (nSPS) is 20.0. The highest BCUT2D eigenvalue weighted by atomic mass is 35.5. The summed E-state index contributed by atoms with van der Waals surface area (Å²) in [6, 6.07) is 8.86. The van der Waals surface area contributed by atoms with Gasteiger partial charge in [-0.3, -0.25) is 20.2 Å². The number of carbonyl (C=O) groups is 2. The molecule has 2 amide bonds. The minimum Gasteiger partial charge on any atom is -0.491 e. The molecule has 1 atom stereocenters. The van der Waals surface area contributed by atoms with E-state index in [2.05, 4.69) is 15.6 Å². The number of imide groups is 1. The molecule has 1 aliphatic carbocycles. The van der Waals surface area contributed by atoms with E-state index >= 15 is 0 Å². The van der Waals surface area contributed by atoms with Crippen LogP contribution in [0.3, 0.4) is 0 Å². The quantitative estimate of drug-likeness (QED) is 0.679. The van der Waals surface area contributed by atoms with E-state index < -0.39 is 36.7 Å². The number of carbonyl (C=O) groups excluding carboxylic acids is 2. The summed E-state index contributed by atoms with van der Waals surface area (Å²) in [6.45, 7) is -0.0286. The maximum atomic E-state index is 13.3. The molecule has 30 heavy (non-hydrogen) atoms. The van der Waals surface area contributed by atoms with Crippen LogP contribution >= 0.6 is 11.6 Å². The van der Waals surface area contributed by atoms with Crippen molar-refractivity contribution in [3.63, 3.8) is 0 Å². The molecule has 1 aliphatic heterocycles. The van der Waals surface area contributed by atoms with Gasteiger partial charge in [0.15, 0.2) is 0 Å². The van der Waals surface area contributed by atoms with Crippen molar-refractivity contribution in [3.05, 3.63) is 47.1 Å². The number of alkyl halides is 2. The maximum absolute atomic E-state index is 13.3. The molecule has 1 saturated heterocycles. The molecule has 0 radical (unpaired) electrons. The molecule has 1 saturated carbocycles. The molecule has 2 aliphatic rings. The van der Waals surface area contributed by atoms with Crippen LogP contribution in [0.4, 0.5) is 8.78 Å². The van der Waals surface area contributed by atoms with Crippen molar-refractivity contribution < 1.29 is 23.1 Å². The van der Waals surface area contributed by atoms with Crippen LogP contribution in [-0.4, -0.2) is 41.9 Å². The smallest absolute Gasteiger partial charge is 0.276 e. The number of hydrogen-bond acceptors (Lipinski definition) is 5. The van der Waals surface area contributed by atoms with Crippen LogP contribution in [0.2, 0.25) is 5.02 Å². The van der Waals surface area contributed by atoms with Gasteiger partial charge in [0.2, 0.25) is 5.91 Å². The first kappa shape index (κ1) is 20.7. The van der Waals surface area contributed by atoms with Gasteiger partial charge in [-0.15, -0.1) is 0 Å². The molecule has 6 nitrogen and oxygen atoms in total. The highest BCUT2D eigenvalue weighted by molar-refractivity contribution is 6.30. The molecule has 9 heteroatoms. The Kier molecular flexibility index (Phi) is 5.71. The van der Waals surface area contributed by atoms with Crippen LogP contribution in [0.25, 0.3) is 11.3 Å². The largest absolute Gasteiger partial charge is 0.491 e. The summed E-state index contributed by atoms with van der Waals surface area (Å²) >= 11 is 5.96. The first-order valence-corrected chi connectivity index (χ1v) is 10.0. The number of nitrogens with one attached hydrogen (secondary N) is 2. The SMILES string of the molecule is O=C(NC(=O)[C@@H]1CC(F)(F)CN1)c1ccc(OCC2CC2)c(-c2ccc(Cl)cc2)n1. The van der Waals surface area contributed by atoms with E-state index in [1.54, 1.807) is 30.3 Å². The van der Waals surface area contributed by atoms with E-state index in [-0.39, 0.29) is 5.69 Å². The van der Waals surface area contributed by atoms with Gasteiger partial charge in [0, 0.05) is 17.0 Å². The summed E-state index contributed by atoms with van der Waals surface area (Å²) in [7, 11) is 0. The number of halogens is 3. The van der Waals surface area contributed by atoms with Gasteiger partial charge in [0.05, 0.1) is 19.2 Å². The zero-order valence-electron chi connectivity index (χ0n) is 16.0. The molecule has 2 aromatic rings. The van der Waals surface area contributed by atoms with Crippen molar-refractivity contribution in [1.82, 2.24) is 15.6 Å². The Morgan fingerprint density at radius 3 is 2.57 bits per heavy atom. The van der Waals surface area contributed by atoms with Crippen LogP contribution in [0.5, 0.6) is 5.75 Å². The molecule has 1 aromatic heterocycles. The Labute approximate surface area is 177 Å². The average molecular weight is 436 g/mol. The zero-order chi connectivity index (χ0) is 21.3. The minimum absolute atomic E-state index is 0.0168. The molecule has 2 N–H and O–H groups in total. The van der Waals surface area contributed by atoms with Crippen molar-refractivity contribution in [3.8, 4) is 17.0 Å². The predicted molar refractivity (Wildman–Crippen MR) is 107 cm³/mol. The summed E-state index contributed by atoms with van der Waals surface area (Å²) in [5, 5.41) is 5.12. The zero-order valence-corrected chi connectivity index (χ0v) is 16.7. The fourth-order valence-corrected chi connectivity index (χ4v) is 3.29. The fraction of sp³-hybridized carbons (Fsp3) is 0.381. The van der Waals surface area contributed by atoms with Gasteiger partial charge >= 0.3 is 0 Å². The molecule has 2 fully saturated rings. The summed E-state index contributed by atoms with van der Waals surface area (Å²) in [6.07, 6.45) is 1.60. The highest BCUT2D eigenvalue weighted by Gasteiger charge is 2.42. The Morgan fingerprint density at radius 1 is 1.20 bits per heavy atom. The standard InChI is InChI=1S/C21H20ClF2N3O3/c22-14-5-3-13(4-6-14)18-17(30-10-12-1-2-12)8-7-15(26-18)19(28)27-20(29)16-9-21(23,24)11-25-16/h3-8,12,16,25H,1-2,9-11H2,(H,27,28,29)/t16-/m0/s1. The van der Waals surface area contributed by atoms with Crippen molar-refractivity contribution in [2.45, 2.75) is 31.2 Å². The lowest BCUT2D eigenvalue weighted by Gasteiger charge is -2.13. The van der Waals surface area contributed by atoms with E-state index in [1.165, 1.54) is 6.07 Å². The van der Waals surface area contributed by atoms with Gasteiger partial charge in [-0.25, -0.2) is 13.8 Å². The van der Waals surface area contributed by atoms with Crippen molar-refractivity contribution >= 4 is 23.4 Å². The Hall–Kier alpha value is -2.58. The topological polar surface area (TPSA) is 80.3 Å². The summed E-state index contributed by atoms with van der Waals surface area (Å²) < 4.78 is 32.5. The fourth-order valence-electron chi connectivity index (χ4n) is 3.16. The van der Waals surface area contributed by atoms with Crippen LogP contribution in [-0.2, 0) is 4.79 Å². The molecule has 0 unspecified atom stereocenters. The van der Waals surface area contributed by atoms with Gasteiger partial charge in [-0.1, -0.05) is 23.7 Å². The molecule has 2 heterocycles. The number of hydrogen-bond donors (Lipinski definition) is 2. The third-order valence-corrected chi connectivity index (χ3v) is 5.30. The first-order chi connectivity index (χ1) is 14.3. The third kappa shape index (κ3) is 4.94. The summed E-state index contributed by atoms with van der Waals surface area (Å²) in [4.78, 5) is 29.1. The Bertz CT molecular complexity index is 964. The predicted octanol–water partition coefficient (Wildman–Crippen LogP) is 3.44. The number of benzene rings is 1. The van der Waals surface area contributed by atoms with Crippen LogP contribution in [0.1, 0.15) is 29.8 Å². The number of amides is 2. The molecule has 158 valence electrons. The van der Waals surface area contributed by atoms with Crippen molar-refractivity contribution in [2.75, 3.05) is 13.2 Å². The number of aromatic nitrogens is 1. The number of pyridine rings is 1. The van der Waals surface area contributed by atoms with Crippen molar-refractivity contribution in [2.24, 2.45) is 5.92 Å². The number of rotatable bonds is 6. The van der Waals surface area contributed by atoms with Gasteiger partial charge < -0.3 is 4.74 Å². The maximum Gasteiger partial charge on any atom is 0.276 e. The first-order valence-electron chi connectivity index (χ1n) is 9.67. The van der Waals surface area contributed by atoms with Crippen LogP contribution in [0.15, 0.2) is 36.4 Å². The lowest BCUT2D eigenvalue weighted by molar-refractivity contribution is -0.122. The van der Waals surface area contributed by atoms with Crippen molar-refractivity contribution in [1.29, 1.82) is 0 Å². The average Bonchev–Trinajstić information content (AvgIpc) is 3.47. The van der Waals surface area contributed by atoms with E-state index in [1.807, 2.05) is 0 Å². The Balaban J connectivity index is 1.53. The monoisotopic (exact) mass is 435 g/mol. The lowest BCUT2D eigenvalue weighted by Crippen LogP contribution is -2.43. The van der Waals surface area contributed by atoms with Gasteiger partial charge in [0.25, 0.3) is 11.8 Å². The molecule has 4 rings (SSSR count). The second-order valence-electron chi connectivity index (χ2n) is 7.62. The molecular weight excluding hydrogens is 416 g/mol. The number of nitrogens with zero attached hydrogens (tertiary/aromatic N) is 1.